The van der Waals surface area contributed by atoms with E-state index in [-0.39, 0.29) is 15.9 Å². The summed E-state index contributed by atoms with van der Waals surface area (Å²) in [6.07, 6.45) is 0. The second-order valence-corrected chi connectivity index (χ2v) is 9.36. The summed E-state index contributed by atoms with van der Waals surface area (Å²) in [7, 11) is -2.46. The smallest absolute Gasteiger partial charge is 0.337 e. The molecule has 1 aromatic heterocycles. The zero-order chi connectivity index (χ0) is 22.7. The maximum Gasteiger partial charge on any atom is 0.337 e. The molecule has 0 bridgehead atoms. The van der Waals surface area contributed by atoms with Gasteiger partial charge in [0.15, 0.2) is 5.13 Å². The minimum atomic E-state index is -3.75. The van der Waals surface area contributed by atoms with Crippen molar-refractivity contribution >= 4 is 54.3 Å². The third-order valence-corrected chi connectivity index (χ3v) is 6.91. The fourth-order valence-electron chi connectivity index (χ4n) is 2.89. The topological polar surface area (TPSA) is 114 Å². The molecule has 10 heteroatoms. The summed E-state index contributed by atoms with van der Waals surface area (Å²) in [6, 6.07) is 19.2. The maximum atomic E-state index is 12.6. The van der Waals surface area contributed by atoms with Gasteiger partial charge in [-0.3, -0.25) is 9.52 Å². The molecule has 0 spiro atoms. The molecular formula is C22H17N3O5S2. The van der Waals surface area contributed by atoms with Gasteiger partial charge in [0.05, 0.1) is 27.8 Å². The Hall–Kier alpha value is -3.76. The molecule has 32 heavy (non-hydrogen) atoms. The Bertz CT molecular complexity index is 1400. The molecule has 8 nitrogen and oxygen atoms in total. The van der Waals surface area contributed by atoms with E-state index in [1.54, 1.807) is 60.7 Å². The molecule has 0 fully saturated rings. The minimum absolute atomic E-state index is 0.137. The van der Waals surface area contributed by atoms with Gasteiger partial charge in [-0.25, -0.2) is 18.2 Å². The van der Waals surface area contributed by atoms with E-state index in [1.165, 1.54) is 19.2 Å². The molecule has 162 valence electrons. The average Bonchev–Trinajstić information content (AvgIpc) is 3.20. The molecule has 1 heterocycles. The van der Waals surface area contributed by atoms with Crippen LogP contribution < -0.4 is 10.0 Å². The Morgan fingerprint density at radius 3 is 2.31 bits per heavy atom. The number of carbonyl (C=O) groups excluding carboxylic acids is 2. The van der Waals surface area contributed by atoms with Crippen molar-refractivity contribution in [1.82, 2.24) is 4.98 Å². The van der Waals surface area contributed by atoms with Gasteiger partial charge in [0, 0.05) is 11.3 Å². The van der Waals surface area contributed by atoms with E-state index in [4.69, 9.17) is 0 Å². The van der Waals surface area contributed by atoms with Crippen molar-refractivity contribution < 1.29 is 22.7 Å². The highest BCUT2D eigenvalue weighted by molar-refractivity contribution is 7.93. The van der Waals surface area contributed by atoms with Gasteiger partial charge in [-0.2, -0.15) is 0 Å². The van der Waals surface area contributed by atoms with E-state index in [1.807, 2.05) is 0 Å². The van der Waals surface area contributed by atoms with Crippen LogP contribution in [0.3, 0.4) is 0 Å². The third-order valence-electron chi connectivity index (χ3n) is 4.49. The first-order chi connectivity index (χ1) is 15.4. The number of hydrogen-bond acceptors (Lipinski definition) is 7. The van der Waals surface area contributed by atoms with Crippen LogP contribution >= 0.6 is 11.3 Å². The number of aromatic nitrogens is 1. The maximum absolute atomic E-state index is 12.6. The molecule has 4 rings (SSSR count). The summed E-state index contributed by atoms with van der Waals surface area (Å²) in [5.74, 6) is -0.810. The Morgan fingerprint density at radius 2 is 1.62 bits per heavy atom. The van der Waals surface area contributed by atoms with Crippen LogP contribution in [0.4, 0.5) is 10.8 Å². The van der Waals surface area contributed by atoms with Crippen LogP contribution in [0.25, 0.3) is 10.2 Å². The van der Waals surface area contributed by atoms with E-state index in [0.717, 1.165) is 11.3 Å². The van der Waals surface area contributed by atoms with Gasteiger partial charge in [-0.15, -0.1) is 0 Å². The molecule has 0 unspecified atom stereocenters. The SMILES string of the molecule is COC(=O)c1ccc(NC(=O)c2ccc3nc(NS(=O)(=O)c4ccccc4)sc3c2)cc1. The zero-order valence-corrected chi connectivity index (χ0v) is 18.4. The third kappa shape index (κ3) is 4.61. The molecule has 0 aliphatic heterocycles. The van der Waals surface area contributed by atoms with Crippen LogP contribution in [0.1, 0.15) is 20.7 Å². The van der Waals surface area contributed by atoms with Crippen molar-refractivity contribution in [3.05, 3.63) is 83.9 Å². The number of benzene rings is 3. The van der Waals surface area contributed by atoms with Crippen LogP contribution in [0.5, 0.6) is 0 Å². The van der Waals surface area contributed by atoms with Crippen molar-refractivity contribution in [2.75, 3.05) is 17.1 Å². The number of amides is 1. The normalized spacial score (nSPS) is 11.2. The lowest BCUT2D eigenvalue weighted by Crippen LogP contribution is -2.12. The molecule has 0 saturated carbocycles. The number of methoxy groups -OCH3 is 1. The van der Waals surface area contributed by atoms with Gasteiger partial charge >= 0.3 is 5.97 Å². The molecule has 2 N–H and O–H groups in total. The number of thiazole rings is 1. The predicted octanol–water partition coefficient (Wildman–Crippen LogP) is 4.14. The standard InChI is InChI=1S/C22H17N3O5S2/c1-30-21(27)14-7-10-16(11-8-14)23-20(26)15-9-12-18-19(13-15)31-22(24-18)25-32(28,29)17-5-3-2-4-6-17/h2-13H,1H3,(H,23,26)(H,24,25). The summed E-state index contributed by atoms with van der Waals surface area (Å²) < 4.78 is 32.8. The molecule has 0 aliphatic rings. The molecule has 0 atom stereocenters. The minimum Gasteiger partial charge on any atom is -0.465 e. The Balaban J connectivity index is 1.51. The van der Waals surface area contributed by atoms with Crippen molar-refractivity contribution in [3.8, 4) is 0 Å². The number of fused-ring (bicyclic) bond motifs is 1. The Labute approximate surface area is 187 Å². The number of rotatable bonds is 6. The quantitative estimate of drug-likeness (QED) is 0.412. The number of nitrogens with one attached hydrogen (secondary N) is 2. The fourth-order valence-corrected chi connectivity index (χ4v) is 5.05. The molecule has 4 aromatic rings. The number of sulfonamides is 1. The van der Waals surface area contributed by atoms with Gasteiger partial charge in [0.2, 0.25) is 0 Å². The molecule has 3 aromatic carbocycles. The van der Waals surface area contributed by atoms with Crippen LogP contribution in [-0.4, -0.2) is 32.4 Å². The number of nitrogens with zero attached hydrogens (tertiary/aromatic N) is 1. The number of carbonyl (C=O) groups is 2. The van der Waals surface area contributed by atoms with Gasteiger partial charge in [-0.1, -0.05) is 29.5 Å². The summed E-state index contributed by atoms with van der Waals surface area (Å²) in [5, 5.41) is 2.96. The van der Waals surface area contributed by atoms with Crippen LogP contribution in [-0.2, 0) is 14.8 Å². The monoisotopic (exact) mass is 467 g/mol. The van der Waals surface area contributed by atoms with Crippen molar-refractivity contribution in [2.45, 2.75) is 4.90 Å². The molecule has 0 aliphatic carbocycles. The van der Waals surface area contributed by atoms with Crippen molar-refractivity contribution in [2.24, 2.45) is 0 Å². The van der Waals surface area contributed by atoms with Crippen LogP contribution in [0.15, 0.2) is 77.7 Å². The highest BCUT2D eigenvalue weighted by Crippen LogP contribution is 2.29. The first-order valence-electron chi connectivity index (χ1n) is 9.34. The summed E-state index contributed by atoms with van der Waals surface area (Å²) in [6.45, 7) is 0. The van der Waals surface area contributed by atoms with Gasteiger partial charge < -0.3 is 10.1 Å². The van der Waals surface area contributed by atoms with Gasteiger partial charge in [0.1, 0.15) is 0 Å². The van der Waals surface area contributed by atoms with Gasteiger partial charge in [-0.05, 0) is 54.6 Å². The fraction of sp³-hybridized carbons (Fsp3) is 0.0455. The second-order valence-electron chi connectivity index (χ2n) is 6.64. The first-order valence-corrected chi connectivity index (χ1v) is 11.6. The Morgan fingerprint density at radius 1 is 0.938 bits per heavy atom. The van der Waals surface area contributed by atoms with Crippen LogP contribution in [0, 0.1) is 0 Å². The highest BCUT2D eigenvalue weighted by Gasteiger charge is 2.17. The molecular weight excluding hydrogens is 450 g/mol. The lowest BCUT2D eigenvalue weighted by molar-refractivity contribution is 0.0600. The molecule has 0 radical (unpaired) electrons. The summed E-state index contributed by atoms with van der Waals surface area (Å²) in [4.78, 5) is 28.6. The lowest BCUT2D eigenvalue weighted by atomic mass is 10.1. The number of anilines is 2. The molecule has 1 amide bonds. The van der Waals surface area contributed by atoms with E-state index in [9.17, 15) is 18.0 Å². The predicted molar refractivity (Wildman–Crippen MR) is 123 cm³/mol. The second kappa shape index (κ2) is 8.77. The van der Waals surface area contributed by atoms with E-state index in [2.05, 4.69) is 19.8 Å². The summed E-state index contributed by atoms with van der Waals surface area (Å²) in [5.41, 5.74) is 1.85. The average molecular weight is 468 g/mol. The number of hydrogen-bond donors (Lipinski definition) is 2. The zero-order valence-electron chi connectivity index (χ0n) is 16.7. The first kappa shape index (κ1) is 21.5. The van der Waals surface area contributed by atoms with Crippen molar-refractivity contribution in [1.29, 1.82) is 0 Å². The summed E-state index contributed by atoms with van der Waals surface area (Å²) >= 11 is 1.13. The van der Waals surface area contributed by atoms with E-state index in [0.29, 0.717) is 27.0 Å². The van der Waals surface area contributed by atoms with E-state index < -0.39 is 16.0 Å². The number of esters is 1. The van der Waals surface area contributed by atoms with E-state index >= 15 is 0 Å². The largest absolute Gasteiger partial charge is 0.465 e. The highest BCUT2D eigenvalue weighted by atomic mass is 32.2. The number of ether oxygens (including phenoxy) is 1. The van der Waals surface area contributed by atoms with Crippen molar-refractivity contribution in [3.63, 3.8) is 0 Å². The van der Waals surface area contributed by atoms with Crippen LogP contribution in [0.2, 0.25) is 0 Å². The van der Waals surface area contributed by atoms with Gasteiger partial charge in [0.25, 0.3) is 15.9 Å². The Kier molecular flexibility index (Phi) is 5.89. The lowest BCUT2D eigenvalue weighted by Gasteiger charge is -2.06. The molecule has 0 saturated heterocycles.